The molecule has 6 nitrogen and oxygen atoms in total. The minimum Gasteiger partial charge on any atom is -0.482 e. The molecule has 0 saturated carbocycles. The zero-order valence-electron chi connectivity index (χ0n) is 12.9. The van der Waals surface area contributed by atoms with Crippen molar-refractivity contribution in [3.63, 3.8) is 0 Å². The number of benzene rings is 1. The first-order chi connectivity index (χ1) is 10.3. The number of carbonyl (C=O) groups excluding carboxylic acids is 2. The van der Waals surface area contributed by atoms with Crippen LogP contribution in [0.25, 0.3) is 6.08 Å². The molecule has 0 aromatic heterocycles. The van der Waals surface area contributed by atoms with Gasteiger partial charge in [-0.1, -0.05) is 18.2 Å². The molecule has 2 rings (SSSR count). The van der Waals surface area contributed by atoms with E-state index in [2.05, 4.69) is 10.6 Å². The van der Waals surface area contributed by atoms with Gasteiger partial charge in [0.1, 0.15) is 11.4 Å². The molecule has 2 amide bonds. The number of amides is 2. The van der Waals surface area contributed by atoms with Crippen molar-refractivity contribution in [3.05, 3.63) is 29.8 Å². The van der Waals surface area contributed by atoms with Crippen LogP contribution in [0.15, 0.2) is 24.3 Å². The molecule has 0 saturated heterocycles. The van der Waals surface area contributed by atoms with Crippen LogP contribution in [0.1, 0.15) is 26.3 Å². The normalized spacial score (nSPS) is 14.0. The van der Waals surface area contributed by atoms with Crippen LogP contribution in [0.2, 0.25) is 0 Å². The van der Waals surface area contributed by atoms with Gasteiger partial charge in [-0.3, -0.25) is 4.79 Å². The molecule has 0 aliphatic carbocycles. The second kappa shape index (κ2) is 6.51. The van der Waals surface area contributed by atoms with Gasteiger partial charge in [0.15, 0.2) is 6.61 Å². The summed E-state index contributed by atoms with van der Waals surface area (Å²) in [7, 11) is 0. The number of hydrogen-bond acceptors (Lipinski definition) is 4. The fraction of sp³-hybridized carbons (Fsp3) is 0.375. The molecule has 0 radical (unpaired) electrons. The van der Waals surface area contributed by atoms with E-state index in [-0.39, 0.29) is 12.5 Å². The summed E-state index contributed by atoms with van der Waals surface area (Å²) in [6, 6.07) is 5.49. The van der Waals surface area contributed by atoms with Gasteiger partial charge in [0.25, 0.3) is 5.91 Å². The molecule has 1 aromatic carbocycles. The first kappa shape index (κ1) is 15.9. The minimum atomic E-state index is -0.509. The largest absolute Gasteiger partial charge is 0.482 e. The molecule has 2 N–H and O–H groups in total. The van der Waals surface area contributed by atoms with E-state index < -0.39 is 11.7 Å². The summed E-state index contributed by atoms with van der Waals surface area (Å²) in [4.78, 5) is 22.7. The first-order valence-corrected chi connectivity index (χ1v) is 7.03. The molecular weight excluding hydrogens is 284 g/mol. The lowest BCUT2D eigenvalue weighted by Gasteiger charge is -2.19. The van der Waals surface area contributed by atoms with Crippen LogP contribution in [-0.2, 0) is 9.53 Å². The van der Waals surface area contributed by atoms with E-state index in [9.17, 15) is 9.59 Å². The fourth-order valence-electron chi connectivity index (χ4n) is 1.86. The van der Waals surface area contributed by atoms with Gasteiger partial charge in [-0.25, -0.2) is 4.79 Å². The van der Waals surface area contributed by atoms with Gasteiger partial charge in [-0.2, -0.15) is 0 Å². The van der Waals surface area contributed by atoms with Gasteiger partial charge in [0.05, 0.1) is 5.69 Å². The van der Waals surface area contributed by atoms with Crippen LogP contribution < -0.4 is 15.4 Å². The van der Waals surface area contributed by atoms with E-state index in [4.69, 9.17) is 9.47 Å². The Morgan fingerprint density at radius 2 is 2.23 bits per heavy atom. The van der Waals surface area contributed by atoms with E-state index in [1.807, 2.05) is 39.0 Å². The van der Waals surface area contributed by atoms with Gasteiger partial charge >= 0.3 is 6.09 Å². The molecule has 22 heavy (non-hydrogen) atoms. The van der Waals surface area contributed by atoms with E-state index in [1.54, 1.807) is 12.1 Å². The molecule has 1 aromatic rings. The maximum Gasteiger partial charge on any atom is 0.407 e. The maximum absolute atomic E-state index is 11.5. The van der Waals surface area contributed by atoms with Crippen molar-refractivity contribution >= 4 is 23.8 Å². The van der Waals surface area contributed by atoms with Crippen molar-refractivity contribution in [1.29, 1.82) is 0 Å². The molecule has 1 aliphatic rings. The Bertz CT molecular complexity index is 603. The van der Waals surface area contributed by atoms with Gasteiger partial charge < -0.3 is 20.1 Å². The molecule has 118 valence electrons. The number of rotatable bonds is 3. The second-order valence-electron chi connectivity index (χ2n) is 5.88. The van der Waals surface area contributed by atoms with Crippen molar-refractivity contribution in [3.8, 4) is 5.75 Å². The molecule has 0 spiro atoms. The Labute approximate surface area is 129 Å². The molecule has 0 atom stereocenters. The Morgan fingerprint density at radius 1 is 1.45 bits per heavy atom. The summed E-state index contributed by atoms with van der Waals surface area (Å²) in [5.41, 5.74) is 1.04. The highest BCUT2D eigenvalue weighted by Crippen LogP contribution is 2.28. The fourth-order valence-corrected chi connectivity index (χ4v) is 1.86. The number of alkyl carbamates (subject to hydrolysis) is 1. The monoisotopic (exact) mass is 304 g/mol. The Balaban J connectivity index is 1.87. The molecule has 1 heterocycles. The van der Waals surface area contributed by atoms with Gasteiger partial charge in [0.2, 0.25) is 0 Å². The van der Waals surface area contributed by atoms with Crippen LogP contribution in [0.3, 0.4) is 0 Å². The van der Waals surface area contributed by atoms with Crippen LogP contribution in [0.5, 0.6) is 5.75 Å². The lowest BCUT2D eigenvalue weighted by atomic mass is 10.1. The van der Waals surface area contributed by atoms with Crippen LogP contribution in [0, 0.1) is 0 Å². The van der Waals surface area contributed by atoms with E-state index in [0.29, 0.717) is 18.0 Å². The molecule has 1 aliphatic heterocycles. The van der Waals surface area contributed by atoms with Crippen molar-refractivity contribution in [2.45, 2.75) is 26.4 Å². The standard InChI is InChI=1S/C16H20N2O4/c1-16(2,3)22-15(20)17-8-4-5-11-6-7-13-12(9-11)18-14(19)10-21-13/h4-7,9H,8,10H2,1-3H3,(H,17,20)(H,18,19). The lowest BCUT2D eigenvalue weighted by molar-refractivity contribution is -0.118. The van der Waals surface area contributed by atoms with Crippen molar-refractivity contribution in [2.24, 2.45) is 0 Å². The first-order valence-electron chi connectivity index (χ1n) is 7.03. The molecule has 0 bridgehead atoms. The quantitative estimate of drug-likeness (QED) is 0.899. The van der Waals surface area contributed by atoms with E-state index in [1.165, 1.54) is 0 Å². The number of carbonyl (C=O) groups is 2. The van der Waals surface area contributed by atoms with E-state index in [0.717, 1.165) is 5.56 Å². The summed E-state index contributed by atoms with van der Waals surface area (Å²) in [5, 5.41) is 5.38. The third-order valence-corrected chi connectivity index (χ3v) is 2.71. The zero-order valence-corrected chi connectivity index (χ0v) is 12.9. The summed E-state index contributed by atoms with van der Waals surface area (Å²) < 4.78 is 10.4. The number of anilines is 1. The summed E-state index contributed by atoms with van der Waals surface area (Å²) in [6.45, 7) is 5.83. The van der Waals surface area contributed by atoms with Crippen LogP contribution >= 0.6 is 0 Å². The molecule has 0 unspecified atom stereocenters. The average Bonchev–Trinajstić information content (AvgIpc) is 2.41. The van der Waals surface area contributed by atoms with Crippen LogP contribution in [-0.4, -0.2) is 30.8 Å². The third kappa shape index (κ3) is 4.80. The predicted molar refractivity (Wildman–Crippen MR) is 83.8 cm³/mol. The summed E-state index contributed by atoms with van der Waals surface area (Å²) in [5.74, 6) is 0.490. The number of fused-ring (bicyclic) bond motifs is 1. The highest BCUT2D eigenvalue weighted by Gasteiger charge is 2.16. The zero-order chi connectivity index (χ0) is 16.2. The Hall–Kier alpha value is -2.50. The Kier molecular flexibility index (Phi) is 4.70. The second-order valence-corrected chi connectivity index (χ2v) is 5.88. The number of nitrogens with one attached hydrogen (secondary N) is 2. The smallest absolute Gasteiger partial charge is 0.407 e. The van der Waals surface area contributed by atoms with Gasteiger partial charge in [-0.05, 0) is 38.5 Å². The average molecular weight is 304 g/mol. The van der Waals surface area contributed by atoms with Crippen molar-refractivity contribution in [2.75, 3.05) is 18.5 Å². The molecule has 6 heteroatoms. The molecular formula is C16H20N2O4. The third-order valence-electron chi connectivity index (χ3n) is 2.71. The Morgan fingerprint density at radius 3 is 2.95 bits per heavy atom. The van der Waals surface area contributed by atoms with E-state index >= 15 is 0 Å². The topological polar surface area (TPSA) is 76.7 Å². The number of ether oxygens (including phenoxy) is 2. The highest BCUT2D eigenvalue weighted by atomic mass is 16.6. The van der Waals surface area contributed by atoms with Crippen molar-refractivity contribution in [1.82, 2.24) is 5.32 Å². The highest BCUT2D eigenvalue weighted by molar-refractivity contribution is 5.95. The molecule has 0 fully saturated rings. The van der Waals surface area contributed by atoms with Gasteiger partial charge in [0, 0.05) is 6.54 Å². The van der Waals surface area contributed by atoms with Crippen molar-refractivity contribution < 1.29 is 19.1 Å². The summed E-state index contributed by atoms with van der Waals surface area (Å²) in [6.07, 6.45) is 3.19. The lowest BCUT2D eigenvalue weighted by Crippen LogP contribution is -2.32. The number of hydrogen-bond donors (Lipinski definition) is 2. The maximum atomic E-state index is 11.5. The van der Waals surface area contributed by atoms with Crippen LogP contribution in [0.4, 0.5) is 10.5 Å². The minimum absolute atomic E-state index is 0.0436. The SMILES string of the molecule is CC(C)(C)OC(=O)NCC=Cc1ccc2c(c1)NC(=O)CO2. The predicted octanol–water partition coefficient (Wildman–Crippen LogP) is 2.56. The summed E-state index contributed by atoms with van der Waals surface area (Å²) >= 11 is 0. The van der Waals surface area contributed by atoms with Gasteiger partial charge in [-0.15, -0.1) is 0 Å².